The van der Waals surface area contributed by atoms with Crippen molar-refractivity contribution in [3.63, 3.8) is 0 Å². The summed E-state index contributed by atoms with van der Waals surface area (Å²) in [6.45, 7) is 16.5. The fourth-order valence-electron chi connectivity index (χ4n) is 2.98. The number of amides is 3. The van der Waals surface area contributed by atoms with E-state index in [9.17, 15) is 9.59 Å². The Balaban J connectivity index is 3.15. The van der Waals surface area contributed by atoms with Gasteiger partial charge in [0, 0.05) is 50.0 Å². The normalized spacial score (nSPS) is 12.0. The average Bonchev–Trinajstić information content (AvgIpc) is 2.48. The Labute approximate surface area is 177 Å². The van der Waals surface area contributed by atoms with Crippen molar-refractivity contribution in [1.82, 2.24) is 10.2 Å². The monoisotopic (exact) mass is 404 g/mol. The lowest BCUT2D eigenvalue weighted by Crippen LogP contribution is -2.50. The highest BCUT2D eigenvalue weighted by Crippen LogP contribution is 2.26. The maximum atomic E-state index is 12.8. The molecule has 29 heavy (non-hydrogen) atoms. The van der Waals surface area contributed by atoms with Crippen LogP contribution in [0.3, 0.4) is 0 Å². The highest BCUT2D eigenvalue weighted by atomic mass is 16.2. The molecular weight excluding hydrogens is 364 g/mol. The minimum Gasteiger partial charge on any atom is -0.377 e. The lowest BCUT2D eigenvalue weighted by atomic mass is 9.92. The molecular formula is C23H40N4O2. The summed E-state index contributed by atoms with van der Waals surface area (Å²) in [4.78, 5) is 29.0. The van der Waals surface area contributed by atoms with Gasteiger partial charge in [-0.25, -0.2) is 4.79 Å². The molecule has 0 spiro atoms. The first kappa shape index (κ1) is 24.8. The molecule has 0 aromatic heterocycles. The minimum absolute atomic E-state index is 0.00718. The van der Waals surface area contributed by atoms with Gasteiger partial charge in [0.25, 0.3) is 0 Å². The number of hydrogen-bond acceptors (Lipinski definition) is 3. The van der Waals surface area contributed by atoms with Crippen molar-refractivity contribution in [2.75, 3.05) is 24.3 Å². The van der Waals surface area contributed by atoms with Crippen LogP contribution in [0.2, 0.25) is 0 Å². The molecule has 3 amide bonds. The first-order chi connectivity index (χ1) is 13.1. The second-order valence-electron chi connectivity index (χ2n) is 10.4. The van der Waals surface area contributed by atoms with Gasteiger partial charge in [-0.3, -0.25) is 4.79 Å². The minimum atomic E-state index is -0.308. The summed E-state index contributed by atoms with van der Waals surface area (Å²) in [5.41, 5.74) is 2.38. The van der Waals surface area contributed by atoms with Crippen molar-refractivity contribution in [1.29, 1.82) is 0 Å². The Kier molecular flexibility index (Phi) is 8.13. The van der Waals surface area contributed by atoms with Crippen LogP contribution in [0.1, 0.15) is 67.4 Å². The van der Waals surface area contributed by atoms with E-state index in [1.165, 1.54) is 0 Å². The van der Waals surface area contributed by atoms with Crippen LogP contribution in [0.4, 0.5) is 16.2 Å². The molecule has 0 heterocycles. The van der Waals surface area contributed by atoms with E-state index in [-0.39, 0.29) is 28.9 Å². The van der Waals surface area contributed by atoms with Crippen molar-refractivity contribution in [3.8, 4) is 0 Å². The molecule has 1 rings (SSSR count). The van der Waals surface area contributed by atoms with Crippen molar-refractivity contribution in [2.45, 2.75) is 79.9 Å². The number of hydrogen-bond donors (Lipinski definition) is 2. The second-order valence-corrected chi connectivity index (χ2v) is 10.4. The highest BCUT2D eigenvalue weighted by Gasteiger charge is 2.23. The van der Waals surface area contributed by atoms with Gasteiger partial charge in [0.05, 0.1) is 0 Å². The fourth-order valence-corrected chi connectivity index (χ4v) is 2.98. The molecule has 0 fully saturated rings. The topological polar surface area (TPSA) is 64.7 Å². The number of carbonyl (C=O) groups excluding carboxylic acids is 2. The average molecular weight is 405 g/mol. The number of nitrogens with one attached hydrogen (secondary N) is 2. The maximum Gasteiger partial charge on any atom is 0.318 e. The van der Waals surface area contributed by atoms with Crippen molar-refractivity contribution in [3.05, 3.63) is 23.8 Å². The summed E-state index contributed by atoms with van der Waals surface area (Å²) in [5.74, 6) is -0.00718. The van der Waals surface area contributed by atoms with E-state index in [2.05, 4.69) is 10.6 Å². The van der Waals surface area contributed by atoms with Gasteiger partial charge in [-0.2, -0.15) is 0 Å². The first-order valence-electron chi connectivity index (χ1n) is 10.3. The van der Waals surface area contributed by atoms with Crippen LogP contribution in [0, 0.1) is 5.41 Å². The van der Waals surface area contributed by atoms with E-state index in [1.807, 2.05) is 97.5 Å². The van der Waals surface area contributed by atoms with Gasteiger partial charge >= 0.3 is 6.03 Å². The Bertz CT molecular complexity index is 713. The summed E-state index contributed by atoms with van der Waals surface area (Å²) < 4.78 is 0. The fraction of sp³-hybridized carbons (Fsp3) is 0.652. The van der Waals surface area contributed by atoms with E-state index in [0.717, 1.165) is 16.9 Å². The van der Waals surface area contributed by atoms with Crippen LogP contribution in [0.25, 0.3) is 0 Å². The SMILES string of the molecule is CC(C)N(Cc1cc(NC(=O)CC(C)(C)C)ccc1N(C)C)C(=O)NC(C)(C)C. The molecule has 164 valence electrons. The van der Waals surface area contributed by atoms with Gasteiger partial charge in [0.1, 0.15) is 0 Å². The van der Waals surface area contributed by atoms with Gasteiger partial charge < -0.3 is 20.4 Å². The first-order valence-corrected chi connectivity index (χ1v) is 10.3. The quantitative estimate of drug-likeness (QED) is 0.713. The largest absolute Gasteiger partial charge is 0.377 e. The Morgan fingerprint density at radius 2 is 1.62 bits per heavy atom. The molecule has 0 atom stereocenters. The van der Waals surface area contributed by atoms with Gasteiger partial charge in [-0.05, 0) is 63.8 Å². The molecule has 0 bridgehead atoms. The number of nitrogens with zero attached hydrogens (tertiary/aromatic N) is 2. The van der Waals surface area contributed by atoms with Gasteiger partial charge in [-0.15, -0.1) is 0 Å². The van der Waals surface area contributed by atoms with E-state index in [0.29, 0.717) is 13.0 Å². The van der Waals surface area contributed by atoms with E-state index in [1.54, 1.807) is 0 Å². The molecule has 0 saturated heterocycles. The van der Waals surface area contributed by atoms with E-state index < -0.39 is 0 Å². The number of carbonyl (C=O) groups is 2. The third-order valence-electron chi connectivity index (χ3n) is 4.24. The predicted molar refractivity (Wildman–Crippen MR) is 122 cm³/mol. The molecule has 0 aliphatic heterocycles. The molecule has 0 radical (unpaired) electrons. The lowest BCUT2D eigenvalue weighted by Gasteiger charge is -2.32. The lowest BCUT2D eigenvalue weighted by molar-refractivity contribution is -0.117. The van der Waals surface area contributed by atoms with Crippen LogP contribution in [-0.2, 0) is 11.3 Å². The maximum absolute atomic E-state index is 12.8. The number of anilines is 2. The molecule has 2 N–H and O–H groups in total. The van der Waals surface area contributed by atoms with Crippen molar-refractivity contribution < 1.29 is 9.59 Å². The van der Waals surface area contributed by atoms with Gasteiger partial charge in [-0.1, -0.05) is 20.8 Å². The number of rotatable bonds is 6. The number of benzene rings is 1. The summed E-state index contributed by atoms with van der Waals surface area (Å²) in [6.07, 6.45) is 0.448. The van der Waals surface area contributed by atoms with Crippen LogP contribution in [-0.4, -0.2) is 42.5 Å². The van der Waals surface area contributed by atoms with Crippen molar-refractivity contribution in [2.24, 2.45) is 5.41 Å². The van der Waals surface area contributed by atoms with Crippen LogP contribution in [0.15, 0.2) is 18.2 Å². The zero-order chi connectivity index (χ0) is 22.6. The summed E-state index contributed by atoms with van der Waals surface area (Å²) in [5, 5.41) is 6.04. The zero-order valence-electron chi connectivity index (χ0n) is 19.9. The van der Waals surface area contributed by atoms with Gasteiger partial charge in [0.15, 0.2) is 0 Å². The zero-order valence-corrected chi connectivity index (χ0v) is 19.9. The summed E-state index contributed by atoms with van der Waals surface area (Å²) >= 11 is 0. The molecule has 6 heteroatoms. The molecule has 1 aromatic rings. The van der Waals surface area contributed by atoms with Crippen LogP contribution >= 0.6 is 0 Å². The third kappa shape index (κ3) is 8.75. The molecule has 0 saturated carbocycles. The van der Waals surface area contributed by atoms with Crippen LogP contribution in [0.5, 0.6) is 0 Å². The summed E-state index contributed by atoms with van der Waals surface area (Å²) in [7, 11) is 3.96. The molecule has 0 unspecified atom stereocenters. The smallest absolute Gasteiger partial charge is 0.318 e. The van der Waals surface area contributed by atoms with Gasteiger partial charge in [0.2, 0.25) is 5.91 Å². The summed E-state index contributed by atoms with van der Waals surface area (Å²) in [6, 6.07) is 5.80. The van der Waals surface area contributed by atoms with Crippen LogP contribution < -0.4 is 15.5 Å². The Morgan fingerprint density at radius 1 is 1.03 bits per heavy atom. The number of urea groups is 1. The third-order valence-corrected chi connectivity index (χ3v) is 4.24. The molecule has 0 aliphatic carbocycles. The Morgan fingerprint density at radius 3 is 2.07 bits per heavy atom. The molecule has 6 nitrogen and oxygen atoms in total. The highest BCUT2D eigenvalue weighted by molar-refractivity contribution is 5.91. The molecule has 0 aliphatic rings. The van der Waals surface area contributed by atoms with E-state index >= 15 is 0 Å². The molecule has 1 aromatic carbocycles. The Hall–Kier alpha value is -2.24. The standard InChI is InChI=1S/C23H40N4O2/c1-16(2)27(21(29)25-23(6,7)8)15-17-13-18(11-12-19(17)26(9)10)24-20(28)14-22(3,4)5/h11-13,16H,14-15H2,1-10H3,(H,24,28)(H,25,29). The van der Waals surface area contributed by atoms with Crippen molar-refractivity contribution >= 4 is 23.3 Å². The van der Waals surface area contributed by atoms with E-state index in [4.69, 9.17) is 0 Å². The predicted octanol–water partition coefficient (Wildman–Crippen LogP) is 4.85. The second kappa shape index (κ2) is 9.51.